The van der Waals surface area contributed by atoms with E-state index in [-0.39, 0.29) is 17.9 Å². The maximum atomic E-state index is 12.0. The van der Waals surface area contributed by atoms with Crippen LogP contribution in [0.15, 0.2) is 0 Å². The maximum absolute atomic E-state index is 12.0. The third-order valence-corrected chi connectivity index (χ3v) is 3.10. The molecule has 0 aromatic carbocycles. The van der Waals surface area contributed by atoms with E-state index in [0.29, 0.717) is 6.54 Å². The third kappa shape index (κ3) is 3.91. The Morgan fingerprint density at radius 2 is 1.88 bits per heavy atom. The molecule has 0 spiro atoms. The first-order valence-electron chi connectivity index (χ1n) is 6.14. The fourth-order valence-corrected chi connectivity index (χ4v) is 2.09. The Morgan fingerprint density at radius 1 is 1.29 bits per heavy atom. The summed E-state index contributed by atoms with van der Waals surface area (Å²) in [6.07, 6.45) is 3.35. The molecule has 0 aliphatic carbocycles. The molecule has 1 aliphatic rings. The van der Waals surface area contributed by atoms with Gasteiger partial charge in [-0.1, -0.05) is 6.92 Å². The monoisotopic (exact) mass is 242 g/mol. The number of methoxy groups -OCH3 is 1. The van der Waals surface area contributed by atoms with Crippen LogP contribution in [0.2, 0.25) is 0 Å². The number of rotatable bonds is 3. The number of ether oxygens (including phenoxy) is 1. The van der Waals surface area contributed by atoms with Gasteiger partial charge in [0.05, 0.1) is 13.0 Å². The topological polar surface area (TPSA) is 49.9 Å². The van der Waals surface area contributed by atoms with Crippen molar-refractivity contribution in [2.45, 2.75) is 26.2 Å². The molecule has 1 unspecified atom stereocenters. The molecular formula is C12H22N2O3. The van der Waals surface area contributed by atoms with E-state index in [1.54, 1.807) is 18.9 Å². The number of carbonyl (C=O) groups is 2. The van der Waals surface area contributed by atoms with Crippen molar-refractivity contribution in [3.05, 3.63) is 0 Å². The Bertz CT molecular complexity index is 275. The summed E-state index contributed by atoms with van der Waals surface area (Å²) < 4.78 is 4.65. The number of piperidine rings is 1. The zero-order valence-corrected chi connectivity index (χ0v) is 10.9. The average Bonchev–Trinajstić information content (AvgIpc) is 2.37. The summed E-state index contributed by atoms with van der Waals surface area (Å²) in [5.74, 6) is -0.554. The van der Waals surface area contributed by atoms with Gasteiger partial charge in [-0.15, -0.1) is 0 Å². The van der Waals surface area contributed by atoms with E-state index in [1.807, 2.05) is 4.90 Å². The van der Waals surface area contributed by atoms with Crippen molar-refractivity contribution in [3.63, 3.8) is 0 Å². The Kier molecular flexibility index (Phi) is 5.25. The third-order valence-electron chi connectivity index (χ3n) is 3.10. The molecule has 5 heteroatoms. The number of hydrogen-bond donors (Lipinski definition) is 0. The van der Waals surface area contributed by atoms with Gasteiger partial charge in [0.1, 0.15) is 0 Å². The van der Waals surface area contributed by atoms with Gasteiger partial charge >= 0.3 is 12.0 Å². The van der Waals surface area contributed by atoms with Gasteiger partial charge in [-0.3, -0.25) is 4.79 Å². The molecule has 1 saturated heterocycles. The van der Waals surface area contributed by atoms with Crippen molar-refractivity contribution in [2.75, 3.05) is 33.8 Å². The van der Waals surface area contributed by atoms with E-state index in [9.17, 15) is 9.59 Å². The van der Waals surface area contributed by atoms with Crippen LogP contribution in [-0.2, 0) is 9.53 Å². The van der Waals surface area contributed by atoms with Gasteiger partial charge in [-0.25, -0.2) is 4.79 Å². The van der Waals surface area contributed by atoms with Crippen LogP contribution in [0.4, 0.5) is 4.79 Å². The number of esters is 1. The van der Waals surface area contributed by atoms with Gasteiger partial charge in [-0.05, 0) is 19.3 Å². The lowest BCUT2D eigenvalue weighted by Gasteiger charge is -2.31. The quantitative estimate of drug-likeness (QED) is 0.702. The zero-order valence-electron chi connectivity index (χ0n) is 10.9. The highest BCUT2D eigenvalue weighted by Crippen LogP contribution is 2.11. The number of hydrogen-bond acceptors (Lipinski definition) is 3. The summed E-state index contributed by atoms with van der Waals surface area (Å²) in [5, 5.41) is 0. The Balaban J connectivity index is 2.43. The molecule has 1 rings (SSSR count). The van der Waals surface area contributed by atoms with Crippen LogP contribution >= 0.6 is 0 Å². The highest BCUT2D eigenvalue weighted by atomic mass is 16.5. The molecular weight excluding hydrogens is 220 g/mol. The molecule has 17 heavy (non-hydrogen) atoms. The van der Waals surface area contributed by atoms with Gasteiger partial charge < -0.3 is 14.5 Å². The molecule has 2 amide bonds. The summed E-state index contributed by atoms with van der Waals surface area (Å²) in [4.78, 5) is 26.8. The Morgan fingerprint density at radius 3 is 2.41 bits per heavy atom. The average molecular weight is 242 g/mol. The minimum atomic E-state index is -0.279. The molecule has 0 saturated carbocycles. The van der Waals surface area contributed by atoms with Crippen molar-refractivity contribution in [2.24, 2.45) is 5.92 Å². The Hall–Kier alpha value is -1.26. The van der Waals surface area contributed by atoms with Gasteiger partial charge in [0.25, 0.3) is 0 Å². The summed E-state index contributed by atoms with van der Waals surface area (Å²) in [6, 6.07) is 0.0143. The summed E-state index contributed by atoms with van der Waals surface area (Å²) in [7, 11) is 3.10. The predicted octanol–water partition coefficient (Wildman–Crippen LogP) is 1.33. The van der Waals surface area contributed by atoms with Gasteiger partial charge in [0.15, 0.2) is 0 Å². The van der Waals surface area contributed by atoms with Crippen molar-refractivity contribution in [1.82, 2.24) is 9.80 Å². The second-order valence-corrected chi connectivity index (χ2v) is 4.64. The molecule has 0 aromatic heterocycles. The van der Waals surface area contributed by atoms with Crippen LogP contribution in [0.5, 0.6) is 0 Å². The lowest BCUT2D eigenvalue weighted by Crippen LogP contribution is -2.45. The van der Waals surface area contributed by atoms with Gasteiger partial charge in [-0.2, -0.15) is 0 Å². The van der Waals surface area contributed by atoms with Crippen LogP contribution in [0.25, 0.3) is 0 Å². The normalized spacial score (nSPS) is 17.5. The SMILES string of the molecule is COC(=O)C(C)CN(C)C(=O)N1CCCCC1. The van der Waals surface area contributed by atoms with Crippen LogP contribution in [0.3, 0.4) is 0 Å². The van der Waals surface area contributed by atoms with E-state index < -0.39 is 0 Å². The number of nitrogens with zero attached hydrogens (tertiary/aromatic N) is 2. The second-order valence-electron chi connectivity index (χ2n) is 4.64. The van der Waals surface area contributed by atoms with Gasteiger partial charge in [0, 0.05) is 26.7 Å². The highest BCUT2D eigenvalue weighted by Gasteiger charge is 2.23. The van der Waals surface area contributed by atoms with E-state index in [1.165, 1.54) is 13.5 Å². The van der Waals surface area contributed by atoms with Crippen LogP contribution < -0.4 is 0 Å². The predicted molar refractivity (Wildman–Crippen MR) is 64.6 cm³/mol. The highest BCUT2D eigenvalue weighted by molar-refractivity contribution is 5.76. The van der Waals surface area contributed by atoms with Crippen molar-refractivity contribution < 1.29 is 14.3 Å². The largest absolute Gasteiger partial charge is 0.469 e. The fraction of sp³-hybridized carbons (Fsp3) is 0.833. The molecule has 5 nitrogen and oxygen atoms in total. The van der Waals surface area contributed by atoms with E-state index in [2.05, 4.69) is 4.74 Å². The zero-order chi connectivity index (χ0) is 12.8. The maximum Gasteiger partial charge on any atom is 0.319 e. The number of carbonyl (C=O) groups excluding carboxylic acids is 2. The standard InChI is InChI=1S/C12H22N2O3/c1-10(11(15)17-3)9-13(2)12(16)14-7-5-4-6-8-14/h10H,4-9H2,1-3H3. The first kappa shape index (κ1) is 13.8. The molecule has 0 bridgehead atoms. The molecule has 0 N–H and O–H groups in total. The second kappa shape index (κ2) is 6.47. The first-order chi connectivity index (χ1) is 8.06. The lowest BCUT2D eigenvalue weighted by molar-refractivity contribution is -0.145. The summed E-state index contributed by atoms with van der Waals surface area (Å²) in [6.45, 7) is 3.83. The molecule has 1 fully saturated rings. The van der Waals surface area contributed by atoms with Crippen molar-refractivity contribution in [1.29, 1.82) is 0 Å². The van der Waals surface area contributed by atoms with Crippen molar-refractivity contribution in [3.8, 4) is 0 Å². The molecule has 1 aliphatic heterocycles. The molecule has 1 atom stereocenters. The van der Waals surface area contributed by atoms with E-state index in [0.717, 1.165) is 25.9 Å². The first-order valence-corrected chi connectivity index (χ1v) is 6.14. The fourth-order valence-electron chi connectivity index (χ4n) is 2.09. The molecule has 98 valence electrons. The summed E-state index contributed by atoms with van der Waals surface area (Å²) >= 11 is 0. The van der Waals surface area contributed by atoms with Crippen LogP contribution in [0, 0.1) is 5.92 Å². The van der Waals surface area contributed by atoms with E-state index in [4.69, 9.17) is 0 Å². The minimum absolute atomic E-state index is 0.0143. The Labute approximate surface area is 103 Å². The molecule has 0 aromatic rings. The smallest absolute Gasteiger partial charge is 0.319 e. The number of urea groups is 1. The van der Waals surface area contributed by atoms with E-state index >= 15 is 0 Å². The van der Waals surface area contributed by atoms with Crippen LogP contribution in [0.1, 0.15) is 26.2 Å². The van der Waals surface area contributed by atoms with Crippen LogP contribution in [-0.4, -0.2) is 55.6 Å². The lowest BCUT2D eigenvalue weighted by atomic mass is 10.1. The van der Waals surface area contributed by atoms with Gasteiger partial charge in [0.2, 0.25) is 0 Å². The molecule has 1 heterocycles. The van der Waals surface area contributed by atoms with Crippen molar-refractivity contribution >= 4 is 12.0 Å². The molecule has 0 radical (unpaired) electrons. The minimum Gasteiger partial charge on any atom is -0.469 e. The number of amides is 2. The number of likely N-dealkylation sites (tertiary alicyclic amines) is 1. The summed E-state index contributed by atoms with van der Waals surface area (Å²) in [5.41, 5.74) is 0.